The van der Waals surface area contributed by atoms with Crippen LogP contribution in [0.25, 0.3) is 17.0 Å². The fourth-order valence-electron chi connectivity index (χ4n) is 3.46. The van der Waals surface area contributed by atoms with E-state index >= 15 is 0 Å². The molecule has 0 saturated carbocycles. The Morgan fingerprint density at radius 1 is 1.30 bits per heavy atom. The lowest BCUT2D eigenvalue weighted by Crippen LogP contribution is -2.19. The van der Waals surface area contributed by atoms with E-state index in [1.54, 1.807) is 24.3 Å². The molecule has 2 aromatic carbocycles. The molecule has 30 heavy (non-hydrogen) atoms. The lowest BCUT2D eigenvalue weighted by Gasteiger charge is -2.10. The van der Waals surface area contributed by atoms with Crippen molar-refractivity contribution in [3.63, 3.8) is 0 Å². The Morgan fingerprint density at radius 2 is 2.07 bits per heavy atom. The zero-order valence-electron chi connectivity index (χ0n) is 16.1. The van der Waals surface area contributed by atoms with Crippen LogP contribution in [0.15, 0.2) is 48.0 Å². The minimum Gasteiger partial charge on any atom is -0.454 e. The van der Waals surface area contributed by atoms with Gasteiger partial charge in [-0.1, -0.05) is 30.4 Å². The number of fused-ring (bicyclic) bond motifs is 2. The first kappa shape index (κ1) is 19.5. The summed E-state index contributed by atoms with van der Waals surface area (Å²) in [7, 11) is 0. The summed E-state index contributed by atoms with van der Waals surface area (Å²) >= 11 is 4.96. The van der Waals surface area contributed by atoms with Crippen LogP contribution in [0.4, 0.5) is 5.69 Å². The average Bonchev–Trinajstić information content (AvgIpc) is 3.29. The first-order chi connectivity index (χ1) is 14.5. The Hall–Kier alpha value is -3.83. The van der Waals surface area contributed by atoms with Gasteiger partial charge in [0.05, 0.1) is 5.57 Å². The Kier molecular flexibility index (Phi) is 5.12. The van der Waals surface area contributed by atoms with Crippen LogP contribution in [-0.2, 0) is 11.3 Å². The van der Waals surface area contributed by atoms with Crippen molar-refractivity contribution in [2.45, 2.75) is 13.5 Å². The quantitative estimate of drug-likeness (QED) is 0.373. The highest BCUT2D eigenvalue weighted by Gasteiger charge is 2.17. The number of aromatic nitrogens is 1. The van der Waals surface area contributed by atoms with Crippen molar-refractivity contribution in [1.29, 1.82) is 5.26 Å². The number of amides is 1. The van der Waals surface area contributed by atoms with Crippen molar-refractivity contribution < 1.29 is 14.3 Å². The van der Waals surface area contributed by atoms with E-state index in [2.05, 4.69) is 5.32 Å². The van der Waals surface area contributed by atoms with E-state index in [1.807, 2.05) is 41.8 Å². The van der Waals surface area contributed by atoms with Gasteiger partial charge in [0.1, 0.15) is 17.6 Å². The minimum absolute atomic E-state index is 0.0364. The summed E-state index contributed by atoms with van der Waals surface area (Å²) in [4.78, 5) is 12.8. The molecule has 4 rings (SSSR count). The fraction of sp³-hybridized carbons (Fsp3) is 0.136. The smallest absolute Gasteiger partial charge is 0.244 e. The molecule has 0 unspecified atom stereocenters. The van der Waals surface area contributed by atoms with E-state index in [9.17, 15) is 10.1 Å². The van der Waals surface area contributed by atoms with Crippen LogP contribution in [0.5, 0.6) is 11.5 Å². The third-order valence-electron chi connectivity index (χ3n) is 4.91. The lowest BCUT2D eigenvalue weighted by atomic mass is 10.1. The first-order valence-electron chi connectivity index (χ1n) is 9.17. The van der Waals surface area contributed by atoms with Crippen LogP contribution in [0.3, 0.4) is 0 Å². The standard InChI is InChI=1S/C22H18N4O3S/c1-13-17(8-14(10-23)22(24)30)16-4-2-3-5-18(16)26(13)11-21(27)25-15-6-7-19-20(9-15)29-12-28-19/h2-9H,11-12H2,1H3,(H2,24,30)(H,25,27)/b14-8-. The van der Waals surface area contributed by atoms with Gasteiger partial charge in [-0.25, -0.2) is 0 Å². The number of hydrogen-bond acceptors (Lipinski definition) is 5. The van der Waals surface area contributed by atoms with Gasteiger partial charge >= 0.3 is 0 Å². The molecule has 0 fully saturated rings. The second-order valence-electron chi connectivity index (χ2n) is 6.75. The number of thiocarbonyl (C=S) groups is 1. The Balaban J connectivity index is 1.66. The molecular formula is C22H18N4O3S. The fourth-order valence-corrected chi connectivity index (χ4v) is 3.57. The van der Waals surface area contributed by atoms with Gasteiger partial charge in [-0.15, -0.1) is 0 Å². The third kappa shape index (κ3) is 3.58. The molecule has 1 aliphatic rings. The zero-order chi connectivity index (χ0) is 21.3. The number of hydrogen-bond donors (Lipinski definition) is 2. The highest BCUT2D eigenvalue weighted by atomic mass is 32.1. The van der Waals surface area contributed by atoms with Crippen molar-refractivity contribution in [2.24, 2.45) is 5.73 Å². The van der Waals surface area contributed by atoms with E-state index in [0.717, 1.165) is 22.2 Å². The van der Waals surface area contributed by atoms with Crippen LogP contribution in [0, 0.1) is 18.3 Å². The number of benzene rings is 2. The molecule has 1 aliphatic heterocycles. The molecule has 150 valence electrons. The minimum atomic E-state index is -0.192. The number of anilines is 1. The SMILES string of the molecule is Cc1c(/C=C(/C#N)C(N)=S)c2ccccc2n1CC(=O)Nc1ccc2c(c1)OCO2. The molecule has 0 aliphatic carbocycles. The Labute approximate surface area is 178 Å². The number of rotatable bonds is 5. The van der Waals surface area contributed by atoms with E-state index in [-0.39, 0.29) is 29.8 Å². The molecule has 0 spiro atoms. The van der Waals surface area contributed by atoms with Crippen LogP contribution in [-0.4, -0.2) is 22.3 Å². The molecule has 0 bridgehead atoms. The molecule has 3 aromatic rings. The molecular weight excluding hydrogens is 400 g/mol. The van der Waals surface area contributed by atoms with Gasteiger partial charge in [0.25, 0.3) is 0 Å². The number of nitrogens with zero attached hydrogens (tertiary/aromatic N) is 2. The van der Waals surface area contributed by atoms with E-state index in [1.165, 1.54) is 0 Å². The second kappa shape index (κ2) is 7.89. The highest BCUT2D eigenvalue weighted by Crippen LogP contribution is 2.34. The predicted octanol–water partition coefficient (Wildman–Crippen LogP) is 3.51. The van der Waals surface area contributed by atoms with Crippen molar-refractivity contribution in [3.8, 4) is 17.6 Å². The number of nitriles is 1. The van der Waals surface area contributed by atoms with Gasteiger partial charge < -0.3 is 25.1 Å². The monoisotopic (exact) mass is 418 g/mol. The number of nitrogens with one attached hydrogen (secondary N) is 1. The third-order valence-corrected chi connectivity index (χ3v) is 5.13. The molecule has 0 saturated heterocycles. The molecule has 0 atom stereocenters. The summed E-state index contributed by atoms with van der Waals surface area (Å²) in [6.07, 6.45) is 1.67. The summed E-state index contributed by atoms with van der Waals surface area (Å²) in [5, 5.41) is 13.1. The van der Waals surface area contributed by atoms with Crippen LogP contribution in [0.2, 0.25) is 0 Å². The Morgan fingerprint density at radius 3 is 2.83 bits per heavy atom. The van der Waals surface area contributed by atoms with E-state index in [0.29, 0.717) is 17.2 Å². The van der Waals surface area contributed by atoms with Crippen molar-refractivity contribution in [1.82, 2.24) is 4.57 Å². The van der Waals surface area contributed by atoms with E-state index in [4.69, 9.17) is 27.4 Å². The normalized spacial score (nSPS) is 12.6. The van der Waals surface area contributed by atoms with Crippen LogP contribution < -0.4 is 20.5 Å². The van der Waals surface area contributed by atoms with Crippen molar-refractivity contribution in [2.75, 3.05) is 12.1 Å². The number of para-hydroxylation sites is 1. The number of carbonyl (C=O) groups excluding carboxylic acids is 1. The second-order valence-corrected chi connectivity index (χ2v) is 7.19. The van der Waals surface area contributed by atoms with Gasteiger partial charge in [0.2, 0.25) is 12.7 Å². The first-order valence-corrected chi connectivity index (χ1v) is 9.57. The molecule has 1 amide bonds. The van der Waals surface area contributed by atoms with Gasteiger partial charge in [0, 0.05) is 33.9 Å². The zero-order valence-corrected chi connectivity index (χ0v) is 17.0. The van der Waals surface area contributed by atoms with Gasteiger partial charge in [-0.2, -0.15) is 5.26 Å². The molecule has 8 heteroatoms. The largest absolute Gasteiger partial charge is 0.454 e. The Bertz CT molecular complexity index is 1250. The van der Waals surface area contributed by atoms with Crippen molar-refractivity contribution >= 4 is 45.8 Å². The summed E-state index contributed by atoms with van der Waals surface area (Å²) in [5.74, 6) is 1.07. The lowest BCUT2D eigenvalue weighted by molar-refractivity contribution is -0.116. The maximum absolute atomic E-state index is 12.8. The van der Waals surface area contributed by atoms with Gasteiger partial charge in [-0.3, -0.25) is 4.79 Å². The van der Waals surface area contributed by atoms with E-state index < -0.39 is 0 Å². The summed E-state index contributed by atoms with van der Waals surface area (Å²) in [6.45, 7) is 2.17. The topological polar surface area (TPSA) is 102 Å². The number of nitrogens with two attached hydrogens (primary N) is 1. The number of ether oxygens (including phenoxy) is 2. The van der Waals surface area contributed by atoms with Crippen molar-refractivity contribution in [3.05, 3.63) is 59.3 Å². The predicted molar refractivity (Wildman–Crippen MR) is 118 cm³/mol. The van der Waals surface area contributed by atoms with Crippen LogP contribution in [0.1, 0.15) is 11.3 Å². The molecule has 3 N–H and O–H groups in total. The average molecular weight is 418 g/mol. The van der Waals surface area contributed by atoms with Crippen LogP contribution >= 0.6 is 12.2 Å². The number of carbonyl (C=O) groups is 1. The maximum atomic E-state index is 12.8. The molecule has 7 nitrogen and oxygen atoms in total. The molecule has 1 aromatic heterocycles. The van der Waals surface area contributed by atoms with Gasteiger partial charge in [-0.05, 0) is 31.2 Å². The highest BCUT2D eigenvalue weighted by molar-refractivity contribution is 7.80. The summed E-state index contributed by atoms with van der Waals surface area (Å²) in [6, 6.07) is 15.0. The summed E-state index contributed by atoms with van der Waals surface area (Å²) < 4.78 is 12.5. The molecule has 2 heterocycles. The van der Waals surface area contributed by atoms with Gasteiger partial charge in [0.15, 0.2) is 11.5 Å². The molecule has 0 radical (unpaired) electrons. The maximum Gasteiger partial charge on any atom is 0.244 e. The summed E-state index contributed by atoms with van der Waals surface area (Å²) in [5.41, 5.74) is 9.02.